The number of rotatable bonds is 20. The van der Waals surface area contributed by atoms with E-state index in [0.717, 1.165) is 12.8 Å². The van der Waals surface area contributed by atoms with Crippen molar-refractivity contribution < 1.29 is 28.7 Å². The van der Waals surface area contributed by atoms with Crippen LogP contribution in [0, 0.1) is 0 Å². The summed E-state index contributed by atoms with van der Waals surface area (Å²) in [6.45, 7) is 2.13. The Morgan fingerprint density at radius 2 is 1.19 bits per heavy atom. The van der Waals surface area contributed by atoms with Gasteiger partial charge in [-0.05, 0) is 6.42 Å². The van der Waals surface area contributed by atoms with E-state index in [2.05, 4.69) is 11.4 Å². The minimum atomic E-state index is -4.50. The monoisotopic (exact) mass is 396 g/mol. The molecule has 3 N–H and O–H groups in total. The lowest BCUT2D eigenvalue weighted by Crippen LogP contribution is -2.24. The standard InChI is InChI=1S/C19H41O6P/c1-2-3-4-5-6-7-8-9-10-11-12-13-14-15-16-24-19(17-20)18-25-26(21,22)23/h19-20H,2-18H2,1H3,(H2,21,22,23). The van der Waals surface area contributed by atoms with Gasteiger partial charge in [0, 0.05) is 6.61 Å². The van der Waals surface area contributed by atoms with Crippen LogP contribution < -0.4 is 0 Å². The highest BCUT2D eigenvalue weighted by atomic mass is 31.2. The van der Waals surface area contributed by atoms with Crippen LogP contribution in [-0.2, 0) is 13.8 Å². The average molecular weight is 397 g/mol. The molecule has 0 bridgehead atoms. The van der Waals surface area contributed by atoms with Gasteiger partial charge in [0.15, 0.2) is 0 Å². The van der Waals surface area contributed by atoms with E-state index >= 15 is 0 Å². The normalized spacial score (nSPS) is 13.2. The van der Waals surface area contributed by atoms with Crippen LogP contribution in [-0.4, -0.2) is 40.8 Å². The maximum atomic E-state index is 10.6. The minimum Gasteiger partial charge on any atom is -0.394 e. The van der Waals surface area contributed by atoms with E-state index in [1.165, 1.54) is 77.0 Å². The molecular weight excluding hydrogens is 355 g/mol. The second kappa shape index (κ2) is 18.4. The summed E-state index contributed by atoms with van der Waals surface area (Å²) in [7, 11) is -4.50. The van der Waals surface area contributed by atoms with Crippen molar-refractivity contribution in [3.05, 3.63) is 0 Å². The number of phosphoric acid groups is 1. The first-order valence-corrected chi connectivity index (χ1v) is 11.9. The number of hydrogen-bond acceptors (Lipinski definition) is 4. The molecule has 0 aromatic heterocycles. The van der Waals surface area contributed by atoms with Crippen molar-refractivity contribution in [3.8, 4) is 0 Å². The van der Waals surface area contributed by atoms with Crippen molar-refractivity contribution in [2.45, 2.75) is 103 Å². The summed E-state index contributed by atoms with van der Waals surface area (Å²) >= 11 is 0. The predicted molar refractivity (Wildman–Crippen MR) is 105 cm³/mol. The number of unbranched alkanes of at least 4 members (excludes halogenated alkanes) is 13. The molecule has 0 aliphatic rings. The molecule has 0 rings (SSSR count). The lowest BCUT2D eigenvalue weighted by molar-refractivity contribution is -0.0205. The maximum Gasteiger partial charge on any atom is 0.469 e. The molecule has 0 spiro atoms. The first-order valence-electron chi connectivity index (χ1n) is 10.4. The molecule has 0 saturated heterocycles. The molecule has 0 aliphatic heterocycles. The summed E-state index contributed by atoms with van der Waals surface area (Å²) in [4.78, 5) is 17.2. The Kier molecular flexibility index (Phi) is 18.4. The van der Waals surface area contributed by atoms with Gasteiger partial charge in [0.2, 0.25) is 0 Å². The Morgan fingerprint density at radius 3 is 1.58 bits per heavy atom. The SMILES string of the molecule is CCCCCCCCCCCCCCCCOC(CO)COP(=O)(O)O. The maximum absolute atomic E-state index is 10.6. The summed E-state index contributed by atoms with van der Waals surface area (Å²) < 4.78 is 20.3. The van der Waals surface area contributed by atoms with E-state index in [1.54, 1.807) is 0 Å². The topological polar surface area (TPSA) is 96.2 Å². The van der Waals surface area contributed by atoms with Gasteiger partial charge in [-0.3, -0.25) is 4.52 Å². The molecule has 158 valence electrons. The zero-order valence-corrected chi connectivity index (χ0v) is 17.5. The van der Waals surface area contributed by atoms with Gasteiger partial charge in [-0.15, -0.1) is 0 Å². The summed E-state index contributed by atoms with van der Waals surface area (Å²) in [5.74, 6) is 0. The number of hydrogen-bond donors (Lipinski definition) is 3. The van der Waals surface area contributed by atoms with Crippen molar-refractivity contribution in [1.82, 2.24) is 0 Å². The molecule has 0 fully saturated rings. The third kappa shape index (κ3) is 20.3. The van der Waals surface area contributed by atoms with Crippen molar-refractivity contribution in [2.75, 3.05) is 19.8 Å². The Hall–Kier alpha value is 0.0300. The quantitative estimate of drug-likeness (QED) is 0.199. The molecular formula is C19H41O6P. The zero-order chi connectivity index (χ0) is 19.5. The van der Waals surface area contributed by atoms with Gasteiger partial charge < -0.3 is 19.6 Å². The summed E-state index contributed by atoms with van der Waals surface area (Å²) in [6.07, 6.45) is 17.4. The Balaban J connectivity index is 3.26. The van der Waals surface area contributed by atoms with Gasteiger partial charge in [-0.2, -0.15) is 0 Å². The first kappa shape index (κ1) is 26.0. The van der Waals surface area contributed by atoms with Gasteiger partial charge in [0.05, 0.1) is 13.2 Å². The molecule has 0 saturated carbocycles. The third-order valence-corrected chi connectivity index (χ3v) is 4.97. The second-order valence-electron chi connectivity index (χ2n) is 7.06. The molecule has 7 heteroatoms. The van der Waals surface area contributed by atoms with Crippen LogP contribution in [0.3, 0.4) is 0 Å². The van der Waals surface area contributed by atoms with Crippen LogP contribution in [0.25, 0.3) is 0 Å². The number of aliphatic hydroxyl groups excluding tert-OH is 1. The van der Waals surface area contributed by atoms with Gasteiger partial charge in [0.25, 0.3) is 0 Å². The van der Waals surface area contributed by atoms with Crippen LogP contribution in [0.4, 0.5) is 0 Å². The van der Waals surface area contributed by atoms with Crippen LogP contribution in [0.5, 0.6) is 0 Å². The fraction of sp³-hybridized carbons (Fsp3) is 1.00. The molecule has 6 nitrogen and oxygen atoms in total. The van der Waals surface area contributed by atoms with Gasteiger partial charge in [-0.1, -0.05) is 90.4 Å². The highest BCUT2D eigenvalue weighted by molar-refractivity contribution is 7.46. The molecule has 1 unspecified atom stereocenters. The molecule has 0 aromatic carbocycles. The van der Waals surface area contributed by atoms with Crippen LogP contribution in [0.2, 0.25) is 0 Å². The van der Waals surface area contributed by atoms with Crippen molar-refractivity contribution in [1.29, 1.82) is 0 Å². The second-order valence-corrected chi connectivity index (χ2v) is 8.30. The highest BCUT2D eigenvalue weighted by Crippen LogP contribution is 2.35. The van der Waals surface area contributed by atoms with Gasteiger partial charge in [0.1, 0.15) is 6.10 Å². The fourth-order valence-corrected chi connectivity index (χ4v) is 3.24. The zero-order valence-electron chi connectivity index (χ0n) is 16.6. The third-order valence-electron chi connectivity index (χ3n) is 4.48. The molecule has 0 heterocycles. The van der Waals surface area contributed by atoms with Crippen molar-refractivity contribution in [3.63, 3.8) is 0 Å². The van der Waals surface area contributed by atoms with E-state index in [4.69, 9.17) is 19.6 Å². The Labute approximate surface area is 159 Å². The molecule has 0 aromatic rings. The van der Waals surface area contributed by atoms with Crippen LogP contribution in [0.1, 0.15) is 96.8 Å². The Bertz CT molecular complexity index is 334. The number of aliphatic hydroxyl groups is 1. The minimum absolute atomic E-state index is 0.292. The first-order chi connectivity index (χ1) is 12.5. The summed E-state index contributed by atoms with van der Waals surface area (Å²) in [5, 5.41) is 9.08. The average Bonchev–Trinajstić information content (AvgIpc) is 2.60. The van der Waals surface area contributed by atoms with E-state index in [-0.39, 0.29) is 13.2 Å². The molecule has 26 heavy (non-hydrogen) atoms. The fourth-order valence-electron chi connectivity index (χ4n) is 2.88. The summed E-state index contributed by atoms with van der Waals surface area (Å²) in [6, 6.07) is 0. The molecule has 0 radical (unpaired) electrons. The lowest BCUT2D eigenvalue weighted by atomic mass is 10.0. The molecule has 1 atom stereocenters. The van der Waals surface area contributed by atoms with Gasteiger partial charge >= 0.3 is 7.82 Å². The van der Waals surface area contributed by atoms with Crippen LogP contribution >= 0.6 is 7.82 Å². The Morgan fingerprint density at radius 1 is 0.769 bits per heavy atom. The summed E-state index contributed by atoms with van der Waals surface area (Å²) in [5.41, 5.74) is 0. The number of ether oxygens (including phenoxy) is 1. The molecule has 0 aliphatic carbocycles. The van der Waals surface area contributed by atoms with Crippen molar-refractivity contribution >= 4 is 7.82 Å². The largest absolute Gasteiger partial charge is 0.469 e. The highest BCUT2D eigenvalue weighted by Gasteiger charge is 2.18. The van der Waals surface area contributed by atoms with E-state index in [0.29, 0.717) is 6.61 Å². The van der Waals surface area contributed by atoms with E-state index in [9.17, 15) is 4.57 Å². The van der Waals surface area contributed by atoms with Gasteiger partial charge in [-0.25, -0.2) is 4.57 Å². The van der Waals surface area contributed by atoms with E-state index in [1.807, 2.05) is 0 Å². The molecule has 0 amide bonds. The smallest absolute Gasteiger partial charge is 0.394 e. The van der Waals surface area contributed by atoms with Crippen LogP contribution in [0.15, 0.2) is 0 Å². The predicted octanol–water partition coefficient (Wildman–Crippen LogP) is 4.95. The van der Waals surface area contributed by atoms with E-state index < -0.39 is 13.9 Å². The number of phosphoric ester groups is 1. The van der Waals surface area contributed by atoms with Crippen molar-refractivity contribution in [2.24, 2.45) is 0 Å². The lowest BCUT2D eigenvalue weighted by Gasteiger charge is -2.15.